The molecule has 0 aromatic heterocycles. The lowest BCUT2D eigenvalue weighted by Gasteiger charge is -2.32. The molecule has 0 unspecified atom stereocenters. The van der Waals surface area contributed by atoms with Gasteiger partial charge in [-0.05, 0) is 88.4 Å². The zero-order chi connectivity index (χ0) is 32.7. The van der Waals surface area contributed by atoms with Gasteiger partial charge in [0.1, 0.15) is 24.1 Å². The maximum Gasteiger partial charge on any atom is 0.264 e. The summed E-state index contributed by atoms with van der Waals surface area (Å²) in [5, 5.41) is 3.45. The molecule has 4 aromatic carbocycles. The summed E-state index contributed by atoms with van der Waals surface area (Å²) in [4.78, 5) is 28.6. The van der Waals surface area contributed by atoms with Gasteiger partial charge in [-0.1, -0.05) is 65.2 Å². The van der Waals surface area contributed by atoms with Gasteiger partial charge in [-0.15, -0.1) is 0 Å². The molecule has 1 N–H and O–H groups in total. The number of aryl methyl sites for hydroxylation is 1. The number of carbonyl (C=O) groups excluding carboxylic acids is 2. The number of halogens is 2. The summed E-state index contributed by atoms with van der Waals surface area (Å²) in [5.74, 6) is 0.0691. The first-order valence-electron chi connectivity index (χ1n) is 14.3. The van der Waals surface area contributed by atoms with Gasteiger partial charge in [-0.2, -0.15) is 0 Å². The van der Waals surface area contributed by atoms with Crippen LogP contribution in [0.15, 0.2) is 102 Å². The van der Waals surface area contributed by atoms with Gasteiger partial charge < -0.3 is 15.0 Å². The molecule has 0 aliphatic carbocycles. The standard InChI is InChI=1S/C34H35Cl2N3O5S/c1-23(2)37-34(41)25(4)38(21-30-31(35)11-8-12-32(30)36)33(40)22-39(45(42,43)29-19-13-24(3)14-20-29)26-15-17-28(18-16-26)44-27-9-6-5-7-10-27/h5-20,23,25H,21-22H2,1-4H3,(H,37,41)/t25-/m0/s1. The first-order chi connectivity index (χ1) is 21.4. The van der Waals surface area contributed by atoms with Gasteiger partial charge in [0, 0.05) is 28.2 Å². The zero-order valence-electron chi connectivity index (χ0n) is 25.4. The number of sulfonamides is 1. The van der Waals surface area contributed by atoms with E-state index >= 15 is 0 Å². The first-order valence-corrected chi connectivity index (χ1v) is 16.5. The molecule has 11 heteroatoms. The van der Waals surface area contributed by atoms with Crippen LogP contribution < -0.4 is 14.4 Å². The number of nitrogens with zero attached hydrogens (tertiary/aromatic N) is 2. The number of para-hydroxylation sites is 1. The zero-order valence-corrected chi connectivity index (χ0v) is 27.7. The minimum absolute atomic E-state index is 0.0109. The van der Waals surface area contributed by atoms with Crippen molar-refractivity contribution >= 4 is 50.7 Å². The van der Waals surface area contributed by atoms with E-state index in [0.717, 1.165) is 9.87 Å². The normalized spacial score (nSPS) is 12.0. The van der Waals surface area contributed by atoms with E-state index in [1.807, 2.05) is 39.0 Å². The summed E-state index contributed by atoms with van der Waals surface area (Å²) < 4.78 is 35.1. The highest BCUT2D eigenvalue weighted by Gasteiger charge is 2.33. The smallest absolute Gasteiger partial charge is 0.264 e. The van der Waals surface area contributed by atoms with Crippen molar-refractivity contribution < 1.29 is 22.7 Å². The Morgan fingerprint density at radius 1 is 0.800 bits per heavy atom. The van der Waals surface area contributed by atoms with Crippen LogP contribution in [0.3, 0.4) is 0 Å². The van der Waals surface area contributed by atoms with Crippen LogP contribution >= 0.6 is 23.2 Å². The van der Waals surface area contributed by atoms with Crippen molar-refractivity contribution in [2.45, 2.75) is 51.2 Å². The van der Waals surface area contributed by atoms with Crippen LogP contribution in [0.2, 0.25) is 10.0 Å². The van der Waals surface area contributed by atoms with Crippen LogP contribution in [0.25, 0.3) is 0 Å². The Morgan fingerprint density at radius 3 is 1.96 bits per heavy atom. The van der Waals surface area contributed by atoms with Crippen LogP contribution in [-0.4, -0.2) is 43.8 Å². The highest BCUT2D eigenvalue weighted by Crippen LogP contribution is 2.30. The van der Waals surface area contributed by atoms with Gasteiger partial charge in [-0.25, -0.2) is 8.42 Å². The molecule has 0 spiro atoms. The van der Waals surface area contributed by atoms with E-state index < -0.39 is 34.4 Å². The lowest BCUT2D eigenvalue weighted by atomic mass is 10.1. The Balaban J connectivity index is 1.73. The van der Waals surface area contributed by atoms with Crippen LogP contribution in [-0.2, 0) is 26.2 Å². The van der Waals surface area contributed by atoms with Crippen molar-refractivity contribution in [3.63, 3.8) is 0 Å². The van der Waals surface area contributed by atoms with Gasteiger partial charge in [0.25, 0.3) is 10.0 Å². The lowest BCUT2D eigenvalue weighted by molar-refractivity contribution is -0.139. The molecular weight excluding hydrogens is 633 g/mol. The Bertz CT molecular complexity index is 1710. The quantitative estimate of drug-likeness (QED) is 0.172. The second-order valence-corrected chi connectivity index (χ2v) is 13.5. The highest BCUT2D eigenvalue weighted by atomic mass is 35.5. The topological polar surface area (TPSA) is 96.0 Å². The number of carbonyl (C=O) groups is 2. The number of benzene rings is 4. The molecule has 0 saturated heterocycles. The summed E-state index contributed by atoms with van der Waals surface area (Å²) in [6.45, 7) is 6.33. The maximum absolute atomic E-state index is 14.2. The largest absolute Gasteiger partial charge is 0.457 e. The number of nitrogens with one attached hydrogen (secondary N) is 1. The van der Waals surface area contributed by atoms with Gasteiger partial charge in [0.15, 0.2) is 0 Å². The van der Waals surface area contributed by atoms with Crippen molar-refractivity contribution in [1.29, 1.82) is 0 Å². The van der Waals surface area contributed by atoms with Gasteiger partial charge in [0.05, 0.1) is 10.6 Å². The van der Waals surface area contributed by atoms with E-state index in [-0.39, 0.29) is 23.2 Å². The second kappa shape index (κ2) is 14.8. The minimum atomic E-state index is -4.23. The van der Waals surface area contributed by atoms with Crippen LogP contribution in [0.5, 0.6) is 11.5 Å². The number of amides is 2. The van der Waals surface area contributed by atoms with E-state index in [4.69, 9.17) is 27.9 Å². The summed E-state index contributed by atoms with van der Waals surface area (Å²) in [6, 6.07) is 25.7. The number of hydrogen-bond acceptors (Lipinski definition) is 5. The van der Waals surface area contributed by atoms with Crippen LogP contribution in [0.1, 0.15) is 31.9 Å². The number of ether oxygens (including phenoxy) is 1. The Labute approximate surface area is 274 Å². The second-order valence-electron chi connectivity index (χ2n) is 10.8. The first kappa shape index (κ1) is 33.8. The molecule has 0 heterocycles. The van der Waals surface area contributed by atoms with Crippen molar-refractivity contribution in [1.82, 2.24) is 10.2 Å². The molecule has 0 radical (unpaired) electrons. The monoisotopic (exact) mass is 667 g/mol. The van der Waals surface area contributed by atoms with E-state index in [2.05, 4.69) is 5.32 Å². The average Bonchev–Trinajstić information content (AvgIpc) is 3.00. The van der Waals surface area contributed by atoms with E-state index in [0.29, 0.717) is 27.1 Å². The minimum Gasteiger partial charge on any atom is -0.457 e. The fourth-order valence-electron chi connectivity index (χ4n) is 4.51. The van der Waals surface area contributed by atoms with Crippen molar-refractivity contribution in [2.24, 2.45) is 0 Å². The molecule has 4 aromatic rings. The van der Waals surface area contributed by atoms with Crippen molar-refractivity contribution in [2.75, 3.05) is 10.8 Å². The highest BCUT2D eigenvalue weighted by molar-refractivity contribution is 7.92. The van der Waals surface area contributed by atoms with Gasteiger partial charge >= 0.3 is 0 Å². The summed E-state index contributed by atoms with van der Waals surface area (Å²) in [5.41, 5.74) is 1.56. The molecule has 0 saturated carbocycles. The van der Waals surface area contributed by atoms with Crippen molar-refractivity contribution in [3.8, 4) is 11.5 Å². The van der Waals surface area contributed by atoms with Crippen molar-refractivity contribution in [3.05, 3.63) is 118 Å². The number of anilines is 1. The van der Waals surface area contributed by atoms with Gasteiger partial charge in [-0.3, -0.25) is 13.9 Å². The maximum atomic E-state index is 14.2. The fourth-order valence-corrected chi connectivity index (χ4v) is 6.44. The Kier molecular flexibility index (Phi) is 11.1. The average molecular weight is 669 g/mol. The third-order valence-electron chi connectivity index (χ3n) is 6.98. The molecule has 0 aliphatic rings. The SMILES string of the molecule is Cc1ccc(S(=O)(=O)N(CC(=O)N(Cc2c(Cl)cccc2Cl)[C@@H](C)C(=O)NC(C)C)c2ccc(Oc3ccccc3)cc2)cc1. The molecular formula is C34H35Cl2N3O5S. The fraction of sp³-hybridized carbons (Fsp3) is 0.235. The number of hydrogen-bond donors (Lipinski definition) is 1. The predicted molar refractivity (Wildman–Crippen MR) is 178 cm³/mol. The summed E-state index contributed by atoms with van der Waals surface area (Å²) >= 11 is 12.9. The molecule has 2 amide bonds. The van der Waals surface area contributed by atoms with E-state index in [1.165, 1.54) is 17.0 Å². The third kappa shape index (κ3) is 8.57. The van der Waals surface area contributed by atoms with Crippen LogP contribution in [0.4, 0.5) is 5.69 Å². The Morgan fingerprint density at radius 2 is 1.38 bits per heavy atom. The molecule has 236 valence electrons. The molecule has 1 atom stereocenters. The lowest BCUT2D eigenvalue weighted by Crippen LogP contribution is -2.52. The van der Waals surface area contributed by atoms with Gasteiger partial charge in [0.2, 0.25) is 11.8 Å². The molecule has 4 rings (SSSR count). The van der Waals surface area contributed by atoms with Crippen LogP contribution in [0, 0.1) is 6.92 Å². The number of rotatable bonds is 12. The summed E-state index contributed by atoms with van der Waals surface area (Å²) in [6.07, 6.45) is 0. The molecule has 0 bridgehead atoms. The Hall–Kier alpha value is -4.05. The summed E-state index contributed by atoms with van der Waals surface area (Å²) in [7, 11) is -4.23. The predicted octanol–water partition coefficient (Wildman–Crippen LogP) is 7.23. The molecule has 8 nitrogen and oxygen atoms in total. The molecule has 45 heavy (non-hydrogen) atoms. The molecule has 0 fully saturated rings. The molecule has 0 aliphatic heterocycles. The van der Waals surface area contributed by atoms with E-state index in [1.54, 1.807) is 73.7 Å². The third-order valence-corrected chi connectivity index (χ3v) is 9.48. The van der Waals surface area contributed by atoms with E-state index in [9.17, 15) is 18.0 Å².